The van der Waals surface area contributed by atoms with Gasteiger partial charge < -0.3 is 24.6 Å². The van der Waals surface area contributed by atoms with E-state index in [0.717, 1.165) is 19.4 Å². The van der Waals surface area contributed by atoms with Crippen molar-refractivity contribution in [2.45, 2.75) is 44.9 Å². The first-order valence-corrected chi connectivity index (χ1v) is 7.23. The van der Waals surface area contributed by atoms with E-state index in [1.807, 2.05) is 0 Å². The molecule has 0 saturated carbocycles. The van der Waals surface area contributed by atoms with Crippen LogP contribution in [0.3, 0.4) is 0 Å². The Labute approximate surface area is 116 Å². The Morgan fingerprint density at radius 2 is 2.16 bits per heavy atom. The van der Waals surface area contributed by atoms with Gasteiger partial charge in [0.15, 0.2) is 0 Å². The second kappa shape index (κ2) is 9.66. The number of rotatable bonds is 10. The standard InChI is InChI=1S/C14H29NO4/c1-11(2)14(10-17-3)15-7-12(16)8-18-9-13-5-4-6-19-13/h11-16H,4-10H2,1-3H3. The fourth-order valence-electron chi connectivity index (χ4n) is 2.12. The van der Waals surface area contributed by atoms with E-state index in [9.17, 15) is 5.11 Å². The van der Waals surface area contributed by atoms with Crippen LogP contribution in [0, 0.1) is 5.92 Å². The van der Waals surface area contributed by atoms with Gasteiger partial charge in [-0.3, -0.25) is 0 Å². The smallest absolute Gasteiger partial charge is 0.0897 e. The lowest BCUT2D eigenvalue weighted by molar-refractivity contribution is -0.0178. The van der Waals surface area contributed by atoms with Gasteiger partial charge in [0.2, 0.25) is 0 Å². The summed E-state index contributed by atoms with van der Waals surface area (Å²) in [5, 5.41) is 13.2. The predicted octanol–water partition coefficient (Wildman–Crippen LogP) is 0.804. The molecule has 2 N–H and O–H groups in total. The molecule has 0 bridgehead atoms. The third-order valence-corrected chi connectivity index (χ3v) is 3.40. The van der Waals surface area contributed by atoms with Crippen molar-refractivity contribution >= 4 is 0 Å². The van der Waals surface area contributed by atoms with Gasteiger partial charge in [0.25, 0.3) is 0 Å². The molecule has 0 aromatic carbocycles. The molecular formula is C14H29NO4. The highest BCUT2D eigenvalue weighted by molar-refractivity contribution is 4.72. The first-order chi connectivity index (χ1) is 9.13. The number of ether oxygens (including phenoxy) is 3. The van der Waals surface area contributed by atoms with Crippen molar-refractivity contribution in [2.24, 2.45) is 5.92 Å². The van der Waals surface area contributed by atoms with E-state index in [1.165, 1.54) is 0 Å². The SMILES string of the molecule is COCC(NCC(O)COCC1CCCO1)C(C)C. The van der Waals surface area contributed by atoms with Crippen molar-refractivity contribution in [3.05, 3.63) is 0 Å². The molecule has 3 unspecified atom stereocenters. The van der Waals surface area contributed by atoms with Gasteiger partial charge in [-0.1, -0.05) is 13.8 Å². The molecule has 114 valence electrons. The number of nitrogens with one attached hydrogen (secondary N) is 1. The Morgan fingerprint density at radius 3 is 2.74 bits per heavy atom. The van der Waals surface area contributed by atoms with E-state index >= 15 is 0 Å². The van der Waals surface area contributed by atoms with Crippen LogP contribution in [0.5, 0.6) is 0 Å². The summed E-state index contributed by atoms with van der Waals surface area (Å²) in [7, 11) is 1.69. The molecule has 1 heterocycles. The van der Waals surface area contributed by atoms with Crippen LogP contribution < -0.4 is 5.32 Å². The highest BCUT2D eigenvalue weighted by Crippen LogP contribution is 2.11. The number of aliphatic hydroxyl groups excluding tert-OH is 1. The van der Waals surface area contributed by atoms with Gasteiger partial charge in [0.1, 0.15) is 0 Å². The van der Waals surface area contributed by atoms with Crippen LogP contribution in [0.25, 0.3) is 0 Å². The Kier molecular flexibility index (Phi) is 8.57. The molecule has 1 rings (SSSR count). The average molecular weight is 275 g/mol. The molecule has 5 heteroatoms. The Hall–Kier alpha value is -0.200. The van der Waals surface area contributed by atoms with Crippen molar-refractivity contribution in [1.82, 2.24) is 5.32 Å². The summed E-state index contributed by atoms with van der Waals surface area (Å²) in [6.45, 7) is 7.23. The van der Waals surface area contributed by atoms with Gasteiger partial charge in [-0.25, -0.2) is 0 Å². The molecule has 0 aliphatic carbocycles. The molecule has 1 aliphatic rings. The summed E-state index contributed by atoms with van der Waals surface area (Å²) in [5.74, 6) is 0.472. The minimum Gasteiger partial charge on any atom is -0.389 e. The quantitative estimate of drug-likeness (QED) is 0.618. The summed E-state index contributed by atoms with van der Waals surface area (Å²) >= 11 is 0. The van der Waals surface area contributed by atoms with Gasteiger partial charge in [0, 0.05) is 26.3 Å². The van der Waals surface area contributed by atoms with E-state index in [4.69, 9.17) is 14.2 Å². The zero-order valence-electron chi connectivity index (χ0n) is 12.4. The lowest BCUT2D eigenvalue weighted by atomic mass is 10.1. The number of methoxy groups -OCH3 is 1. The molecular weight excluding hydrogens is 246 g/mol. The minimum atomic E-state index is -0.487. The minimum absolute atomic E-state index is 0.220. The van der Waals surface area contributed by atoms with Gasteiger partial charge in [0.05, 0.1) is 32.0 Å². The molecule has 5 nitrogen and oxygen atoms in total. The molecule has 1 fully saturated rings. The zero-order chi connectivity index (χ0) is 14.1. The molecule has 0 radical (unpaired) electrons. The molecule has 0 aromatic rings. The second-order valence-electron chi connectivity index (χ2n) is 5.54. The fraction of sp³-hybridized carbons (Fsp3) is 1.00. The van der Waals surface area contributed by atoms with E-state index < -0.39 is 6.10 Å². The first-order valence-electron chi connectivity index (χ1n) is 7.23. The summed E-state index contributed by atoms with van der Waals surface area (Å²) in [6.07, 6.45) is 1.92. The van der Waals surface area contributed by atoms with Crippen molar-refractivity contribution in [1.29, 1.82) is 0 Å². The third-order valence-electron chi connectivity index (χ3n) is 3.40. The summed E-state index contributed by atoms with van der Waals surface area (Å²) in [4.78, 5) is 0. The molecule has 3 atom stereocenters. The van der Waals surface area contributed by atoms with E-state index in [1.54, 1.807) is 7.11 Å². The Morgan fingerprint density at radius 1 is 1.37 bits per heavy atom. The van der Waals surface area contributed by atoms with Crippen LogP contribution in [0.15, 0.2) is 0 Å². The monoisotopic (exact) mass is 275 g/mol. The van der Waals surface area contributed by atoms with Gasteiger partial charge in [-0.2, -0.15) is 0 Å². The van der Waals surface area contributed by atoms with Gasteiger partial charge >= 0.3 is 0 Å². The maximum atomic E-state index is 9.85. The second-order valence-corrected chi connectivity index (χ2v) is 5.54. The summed E-state index contributed by atoms with van der Waals surface area (Å²) in [5.41, 5.74) is 0. The molecule has 19 heavy (non-hydrogen) atoms. The van der Waals surface area contributed by atoms with Crippen molar-refractivity contribution < 1.29 is 19.3 Å². The Bertz CT molecular complexity index is 219. The lowest BCUT2D eigenvalue weighted by Gasteiger charge is -2.23. The largest absolute Gasteiger partial charge is 0.389 e. The third kappa shape index (κ3) is 7.22. The number of hydrogen-bond acceptors (Lipinski definition) is 5. The van der Waals surface area contributed by atoms with Crippen LogP contribution in [0.2, 0.25) is 0 Å². The molecule has 1 aliphatic heterocycles. The predicted molar refractivity (Wildman–Crippen MR) is 74.3 cm³/mol. The topological polar surface area (TPSA) is 60.0 Å². The maximum Gasteiger partial charge on any atom is 0.0897 e. The van der Waals surface area contributed by atoms with Gasteiger partial charge in [-0.05, 0) is 18.8 Å². The van der Waals surface area contributed by atoms with E-state index in [0.29, 0.717) is 32.3 Å². The van der Waals surface area contributed by atoms with Crippen LogP contribution in [-0.4, -0.2) is 63.4 Å². The number of aliphatic hydroxyl groups is 1. The highest BCUT2D eigenvalue weighted by Gasteiger charge is 2.17. The fourth-order valence-corrected chi connectivity index (χ4v) is 2.12. The normalized spacial score (nSPS) is 22.9. The van der Waals surface area contributed by atoms with E-state index in [2.05, 4.69) is 19.2 Å². The van der Waals surface area contributed by atoms with Crippen LogP contribution in [0.1, 0.15) is 26.7 Å². The van der Waals surface area contributed by atoms with E-state index in [-0.39, 0.29) is 12.1 Å². The van der Waals surface area contributed by atoms with Crippen LogP contribution in [0.4, 0.5) is 0 Å². The first kappa shape index (κ1) is 16.9. The maximum absolute atomic E-state index is 9.85. The molecule has 0 spiro atoms. The summed E-state index contributed by atoms with van der Waals surface area (Å²) in [6, 6.07) is 0.262. The van der Waals surface area contributed by atoms with Crippen LogP contribution >= 0.6 is 0 Å². The van der Waals surface area contributed by atoms with Crippen molar-refractivity contribution in [2.75, 3.05) is 40.1 Å². The molecule has 0 amide bonds. The summed E-state index contributed by atoms with van der Waals surface area (Å²) < 4.78 is 16.1. The average Bonchev–Trinajstić information content (AvgIpc) is 2.87. The Balaban J connectivity index is 2.06. The van der Waals surface area contributed by atoms with Crippen molar-refractivity contribution in [3.63, 3.8) is 0 Å². The van der Waals surface area contributed by atoms with Crippen molar-refractivity contribution in [3.8, 4) is 0 Å². The zero-order valence-corrected chi connectivity index (χ0v) is 12.4. The van der Waals surface area contributed by atoms with Crippen LogP contribution in [-0.2, 0) is 14.2 Å². The number of hydrogen-bond donors (Lipinski definition) is 2. The molecule has 1 saturated heterocycles. The van der Waals surface area contributed by atoms with Gasteiger partial charge in [-0.15, -0.1) is 0 Å². The highest BCUT2D eigenvalue weighted by atomic mass is 16.5. The lowest BCUT2D eigenvalue weighted by Crippen LogP contribution is -2.43. The molecule has 0 aromatic heterocycles.